The van der Waals surface area contributed by atoms with Crippen molar-refractivity contribution in [2.75, 3.05) is 13.1 Å². The lowest BCUT2D eigenvalue weighted by atomic mass is 9.95. The first-order valence-corrected chi connectivity index (χ1v) is 8.29. The third-order valence-electron chi connectivity index (χ3n) is 4.18. The average Bonchev–Trinajstić information content (AvgIpc) is 2.62. The van der Waals surface area contributed by atoms with Gasteiger partial charge in [0.05, 0.1) is 11.7 Å². The van der Waals surface area contributed by atoms with Crippen LogP contribution in [-0.2, 0) is 4.79 Å². The lowest BCUT2D eigenvalue weighted by Gasteiger charge is -2.25. The molecule has 24 heavy (non-hydrogen) atoms. The van der Waals surface area contributed by atoms with Gasteiger partial charge >= 0.3 is 0 Å². The van der Waals surface area contributed by atoms with Crippen molar-refractivity contribution < 1.29 is 4.79 Å². The summed E-state index contributed by atoms with van der Waals surface area (Å²) in [7, 11) is 0. The zero-order valence-corrected chi connectivity index (χ0v) is 14.8. The van der Waals surface area contributed by atoms with Crippen molar-refractivity contribution in [3.63, 3.8) is 0 Å². The van der Waals surface area contributed by atoms with E-state index in [9.17, 15) is 4.79 Å². The van der Waals surface area contributed by atoms with Crippen LogP contribution in [0.25, 0.3) is 0 Å². The van der Waals surface area contributed by atoms with Gasteiger partial charge in [0.1, 0.15) is 0 Å². The van der Waals surface area contributed by atoms with E-state index in [0.29, 0.717) is 5.02 Å². The van der Waals surface area contributed by atoms with Crippen LogP contribution in [-0.4, -0.2) is 24.0 Å². The van der Waals surface area contributed by atoms with Crippen molar-refractivity contribution in [3.05, 3.63) is 64.9 Å². The summed E-state index contributed by atoms with van der Waals surface area (Å²) in [5.74, 6) is 0.159. The molecular weight excluding hydrogens is 345 g/mol. The van der Waals surface area contributed by atoms with Gasteiger partial charge in [-0.1, -0.05) is 29.8 Å². The normalized spacial score (nSPS) is 16.0. The van der Waals surface area contributed by atoms with Gasteiger partial charge in [-0.3, -0.25) is 9.78 Å². The standard InChI is InChI=1S/C18H20ClN3O.ClH/c19-15-6-4-13(5-7-15)17(16-3-1-2-10-21-16)22-18(23)14-8-11-20-12-9-14;/h1-7,10,14,17,20H,8-9,11-12H2,(H,22,23);1H. The van der Waals surface area contributed by atoms with Crippen LogP contribution in [0.1, 0.15) is 30.1 Å². The van der Waals surface area contributed by atoms with Crippen LogP contribution in [0.15, 0.2) is 48.7 Å². The van der Waals surface area contributed by atoms with E-state index in [1.54, 1.807) is 6.20 Å². The molecule has 2 heterocycles. The second kappa shape index (κ2) is 9.02. The van der Waals surface area contributed by atoms with Crippen molar-refractivity contribution in [1.29, 1.82) is 0 Å². The predicted molar refractivity (Wildman–Crippen MR) is 98.5 cm³/mol. The van der Waals surface area contributed by atoms with Gasteiger partial charge in [-0.05, 0) is 55.8 Å². The molecule has 0 saturated carbocycles. The Bertz CT molecular complexity index is 643. The molecule has 3 rings (SSSR count). The Morgan fingerprint density at radius 3 is 2.50 bits per heavy atom. The number of rotatable bonds is 4. The summed E-state index contributed by atoms with van der Waals surface area (Å²) in [5.41, 5.74) is 1.81. The van der Waals surface area contributed by atoms with E-state index in [4.69, 9.17) is 11.6 Å². The van der Waals surface area contributed by atoms with Gasteiger partial charge in [0, 0.05) is 17.1 Å². The van der Waals surface area contributed by atoms with Crippen LogP contribution < -0.4 is 10.6 Å². The van der Waals surface area contributed by atoms with Crippen LogP contribution in [0.5, 0.6) is 0 Å². The molecule has 1 aromatic carbocycles. The second-order valence-corrected chi connectivity index (χ2v) is 6.21. The third kappa shape index (κ3) is 4.69. The van der Waals surface area contributed by atoms with Crippen molar-refractivity contribution in [2.24, 2.45) is 5.92 Å². The number of aromatic nitrogens is 1. The van der Waals surface area contributed by atoms with Crippen LogP contribution in [0.2, 0.25) is 5.02 Å². The zero-order chi connectivity index (χ0) is 16.1. The van der Waals surface area contributed by atoms with Crippen LogP contribution in [0, 0.1) is 5.92 Å². The SMILES string of the molecule is Cl.O=C(NC(c1ccc(Cl)cc1)c1ccccn1)C1CCNCC1. The number of hydrogen-bond acceptors (Lipinski definition) is 3. The predicted octanol–water partition coefficient (Wildman–Crippen LogP) is 3.36. The summed E-state index contributed by atoms with van der Waals surface area (Å²) in [6.45, 7) is 1.79. The first-order chi connectivity index (χ1) is 11.2. The first-order valence-electron chi connectivity index (χ1n) is 7.91. The number of nitrogens with zero attached hydrogens (tertiary/aromatic N) is 1. The van der Waals surface area contributed by atoms with Crippen molar-refractivity contribution in [3.8, 4) is 0 Å². The number of benzene rings is 1. The molecule has 2 aromatic rings. The minimum absolute atomic E-state index is 0. The smallest absolute Gasteiger partial charge is 0.224 e. The van der Waals surface area contributed by atoms with Gasteiger partial charge in [0.25, 0.3) is 0 Å². The quantitative estimate of drug-likeness (QED) is 0.873. The minimum atomic E-state index is -0.254. The number of pyridine rings is 1. The number of nitrogens with one attached hydrogen (secondary N) is 2. The summed E-state index contributed by atoms with van der Waals surface area (Å²) in [6.07, 6.45) is 3.50. The second-order valence-electron chi connectivity index (χ2n) is 5.77. The number of carbonyl (C=O) groups excluding carboxylic acids is 1. The van der Waals surface area contributed by atoms with Gasteiger partial charge in [-0.25, -0.2) is 0 Å². The Hall–Kier alpha value is -1.62. The summed E-state index contributed by atoms with van der Waals surface area (Å²) in [5, 5.41) is 7.13. The fourth-order valence-electron chi connectivity index (χ4n) is 2.87. The monoisotopic (exact) mass is 365 g/mol. The van der Waals surface area contributed by atoms with Crippen molar-refractivity contribution in [1.82, 2.24) is 15.6 Å². The molecule has 1 aliphatic heterocycles. The average molecular weight is 366 g/mol. The van der Waals surface area contributed by atoms with Crippen molar-refractivity contribution >= 4 is 29.9 Å². The highest BCUT2D eigenvalue weighted by Crippen LogP contribution is 2.23. The Morgan fingerprint density at radius 2 is 1.88 bits per heavy atom. The number of carbonyl (C=O) groups is 1. The lowest BCUT2D eigenvalue weighted by Crippen LogP contribution is -2.40. The van der Waals surface area contributed by atoms with Gasteiger partial charge < -0.3 is 10.6 Å². The number of piperidine rings is 1. The van der Waals surface area contributed by atoms with Gasteiger partial charge in [-0.2, -0.15) is 0 Å². The molecule has 1 atom stereocenters. The molecule has 6 heteroatoms. The third-order valence-corrected chi connectivity index (χ3v) is 4.44. The molecule has 1 unspecified atom stereocenters. The molecular formula is C18H21Cl2N3O. The molecule has 0 spiro atoms. The van der Waals surface area contributed by atoms with Gasteiger partial charge in [0.2, 0.25) is 5.91 Å². The highest BCUT2D eigenvalue weighted by molar-refractivity contribution is 6.30. The summed E-state index contributed by atoms with van der Waals surface area (Å²) in [4.78, 5) is 17.0. The fraction of sp³-hybridized carbons (Fsp3) is 0.333. The Labute approximate surface area is 153 Å². The molecule has 128 valence electrons. The molecule has 1 aromatic heterocycles. The molecule has 0 aliphatic carbocycles. The highest BCUT2D eigenvalue weighted by Gasteiger charge is 2.25. The first kappa shape index (κ1) is 18.7. The Balaban J connectivity index is 0.00000208. The number of halogens is 2. The zero-order valence-electron chi connectivity index (χ0n) is 13.2. The largest absolute Gasteiger partial charge is 0.343 e. The van der Waals surface area contributed by atoms with Crippen molar-refractivity contribution in [2.45, 2.75) is 18.9 Å². The maximum absolute atomic E-state index is 12.6. The van der Waals surface area contributed by atoms with E-state index in [2.05, 4.69) is 15.6 Å². The van der Waals surface area contributed by atoms with Gasteiger partial charge in [-0.15, -0.1) is 12.4 Å². The molecule has 0 radical (unpaired) electrons. The molecule has 1 saturated heterocycles. The number of amides is 1. The van der Waals surface area contributed by atoms with Crippen LogP contribution in [0.3, 0.4) is 0 Å². The van der Waals surface area contributed by atoms with E-state index >= 15 is 0 Å². The fourth-order valence-corrected chi connectivity index (χ4v) is 3.00. The molecule has 0 bridgehead atoms. The van der Waals surface area contributed by atoms with E-state index in [-0.39, 0.29) is 30.3 Å². The summed E-state index contributed by atoms with van der Waals surface area (Å²) >= 11 is 5.98. The van der Waals surface area contributed by atoms with Gasteiger partial charge in [0.15, 0.2) is 0 Å². The maximum atomic E-state index is 12.6. The molecule has 1 aliphatic rings. The Morgan fingerprint density at radius 1 is 1.17 bits per heavy atom. The number of hydrogen-bond donors (Lipinski definition) is 2. The Kier molecular flexibility index (Phi) is 7.03. The molecule has 1 amide bonds. The summed E-state index contributed by atoms with van der Waals surface area (Å²) < 4.78 is 0. The summed E-state index contributed by atoms with van der Waals surface area (Å²) in [6, 6.07) is 13.0. The molecule has 1 fully saturated rings. The van der Waals surface area contributed by atoms with Crippen LogP contribution in [0.4, 0.5) is 0 Å². The molecule has 2 N–H and O–H groups in total. The lowest BCUT2D eigenvalue weighted by molar-refractivity contribution is -0.126. The van der Waals surface area contributed by atoms with E-state index in [1.807, 2.05) is 42.5 Å². The maximum Gasteiger partial charge on any atom is 0.224 e. The van der Waals surface area contributed by atoms with E-state index in [0.717, 1.165) is 37.2 Å². The molecule has 4 nitrogen and oxygen atoms in total. The minimum Gasteiger partial charge on any atom is -0.343 e. The van der Waals surface area contributed by atoms with Crippen LogP contribution >= 0.6 is 24.0 Å². The highest BCUT2D eigenvalue weighted by atomic mass is 35.5. The van der Waals surface area contributed by atoms with E-state index in [1.165, 1.54) is 0 Å². The van der Waals surface area contributed by atoms with E-state index < -0.39 is 0 Å². The topological polar surface area (TPSA) is 54.0 Å².